The highest BCUT2D eigenvalue weighted by Crippen LogP contribution is 2.34. The lowest BCUT2D eigenvalue weighted by Gasteiger charge is -2.21. The van der Waals surface area contributed by atoms with E-state index in [2.05, 4.69) is 6.92 Å². The first-order chi connectivity index (χ1) is 5.77. The van der Waals surface area contributed by atoms with Crippen LogP contribution in [0.2, 0.25) is 18.1 Å². The Labute approximate surface area is 82.4 Å². The molecule has 0 spiro atoms. The Morgan fingerprint density at radius 1 is 1.08 bits per heavy atom. The van der Waals surface area contributed by atoms with Crippen LogP contribution in [0.15, 0.2) is 0 Å². The molecule has 0 amide bonds. The van der Waals surface area contributed by atoms with Gasteiger partial charge in [0.05, 0.1) is 0 Å². The molecule has 0 aromatic heterocycles. The lowest BCUT2D eigenvalue weighted by atomic mass is 10.2. The summed E-state index contributed by atoms with van der Waals surface area (Å²) in [6, 6.07) is 4.17. The number of halogens is 1. The van der Waals surface area contributed by atoms with Crippen molar-refractivity contribution in [3.63, 3.8) is 0 Å². The molecule has 0 saturated carbocycles. The third-order valence-electron chi connectivity index (χ3n) is 2.98. The maximum atomic E-state index is 6.70. The molecular weight excluding hydrogens is 184 g/mol. The van der Waals surface area contributed by atoms with Gasteiger partial charge in [0.2, 0.25) is 0 Å². The Balaban J connectivity index is 2.32. The van der Waals surface area contributed by atoms with Gasteiger partial charge in [-0.2, -0.15) is 11.1 Å². The average Bonchev–Trinajstić information content (AvgIpc) is 2.27. The molecule has 0 unspecified atom stereocenters. The van der Waals surface area contributed by atoms with Crippen molar-refractivity contribution in [2.24, 2.45) is 0 Å². The number of rotatable bonds is 3. The van der Waals surface area contributed by atoms with Crippen molar-refractivity contribution in [1.29, 1.82) is 0 Å². The first-order valence-corrected chi connectivity index (χ1v) is 9.09. The SMILES string of the molecule is CCCC[Si]1(Cl)CCCCCC1. The standard InChI is InChI=1S/C10H21ClSi/c1-2-3-8-12(11)9-6-4-5-7-10-12/h2-10H2,1H3. The zero-order chi connectivity index (χ0) is 8.86. The van der Waals surface area contributed by atoms with Crippen molar-refractivity contribution in [2.45, 2.75) is 63.6 Å². The fraction of sp³-hybridized carbons (Fsp3) is 1.00. The molecule has 1 fully saturated rings. The van der Waals surface area contributed by atoms with Crippen LogP contribution < -0.4 is 0 Å². The van der Waals surface area contributed by atoms with Gasteiger partial charge in [0.25, 0.3) is 0 Å². The van der Waals surface area contributed by atoms with Gasteiger partial charge in [-0.25, -0.2) is 0 Å². The summed E-state index contributed by atoms with van der Waals surface area (Å²) in [4.78, 5) is 0. The van der Waals surface area contributed by atoms with Crippen molar-refractivity contribution in [2.75, 3.05) is 0 Å². The molecule has 72 valence electrons. The van der Waals surface area contributed by atoms with Crippen LogP contribution in [0.4, 0.5) is 0 Å². The van der Waals surface area contributed by atoms with Gasteiger partial charge in [0.15, 0.2) is 7.38 Å². The van der Waals surface area contributed by atoms with Crippen LogP contribution in [0.3, 0.4) is 0 Å². The largest absolute Gasteiger partial charge is 0.167 e. The topological polar surface area (TPSA) is 0 Å². The van der Waals surface area contributed by atoms with E-state index in [0.29, 0.717) is 0 Å². The van der Waals surface area contributed by atoms with Crippen LogP contribution in [0.1, 0.15) is 45.4 Å². The van der Waals surface area contributed by atoms with Gasteiger partial charge in [0.1, 0.15) is 0 Å². The summed E-state index contributed by atoms with van der Waals surface area (Å²) in [6.45, 7) is 2.27. The van der Waals surface area contributed by atoms with Crippen LogP contribution in [0.5, 0.6) is 0 Å². The van der Waals surface area contributed by atoms with Crippen molar-refractivity contribution in [3.8, 4) is 0 Å². The maximum Gasteiger partial charge on any atom is 0.156 e. The molecular formula is C10H21ClSi. The first kappa shape index (κ1) is 10.6. The summed E-state index contributed by atoms with van der Waals surface area (Å²) >= 11 is 6.70. The van der Waals surface area contributed by atoms with Crippen molar-refractivity contribution >= 4 is 18.5 Å². The Morgan fingerprint density at radius 3 is 2.17 bits per heavy atom. The summed E-state index contributed by atoms with van der Waals surface area (Å²) in [5, 5.41) is 0. The molecule has 1 heterocycles. The lowest BCUT2D eigenvalue weighted by molar-refractivity contribution is 0.720. The van der Waals surface area contributed by atoms with Gasteiger partial charge in [-0.3, -0.25) is 0 Å². The van der Waals surface area contributed by atoms with E-state index in [-0.39, 0.29) is 0 Å². The molecule has 1 saturated heterocycles. The van der Waals surface area contributed by atoms with Gasteiger partial charge < -0.3 is 0 Å². The van der Waals surface area contributed by atoms with E-state index in [4.69, 9.17) is 11.1 Å². The number of unbranched alkanes of at least 4 members (excludes halogenated alkanes) is 1. The van der Waals surface area contributed by atoms with Gasteiger partial charge in [-0.15, -0.1) is 0 Å². The molecule has 0 nitrogen and oxygen atoms in total. The van der Waals surface area contributed by atoms with Crippen molar-refractivity contribution < 1.29 is 0 Å². The van der Waals surface area contributed by atoms with Crippen molar-refractivity contribution in [3.05, 3.63) is 0 Å². The zero-order valence-electron chi connectivity index (χ0n) is 8.24. The molecule has 1 aliphatic rings. The minimum atomic E-state index is -1.24. The fourth-order valence-electron chi connectivity index (χ4n) is 2.11. The smallest absolute Gasteiger partial charge is 0.156 e. The van der Waals surface area contributed by atoms with E-state index in [9.17, 15) is 0 Å². The number of hydrogen-bond acceptors (Lipinski definition) is 0. The zero-order valence-corrected chi connectivity index (χ0v) is 10.00. The molecule has 0 aromatic rings. The maximum absolute atomic E-state index is 6.70. The minimum Gasteiger partial charge on any atom is -0.167 e. The molecule has 12 heavy (non-hydrogen) atoms. The highest BCUT2D eigenvalue weighted by molar-refractivity contribution is 7.20. The van der Waals surface area contributed by atoms with Gasteiger partial charge in [-0.1, -0.05) is 45.4 Å². The summed E-state index contributed by atoms with van der Waals surface area (Å²) in [6.07, 6.45) is 8.40. The minimum absolute atomic E-state index is 1.24. The monoisotopic (exact) mass is 204 g/mol. The van der Waals surface area contributed by atoms with Crippen molar-refractivity contribution in [1.82, 2.24) is 0 Å². The second-order valence-electron chi connectivity index (χ2n) is 4.17. The molecule has 1 rings (SSSR count). The van der Waals surface area contributed by atoms with E-state index in [1.54, 1.807) is 0 Å². The Bertz CT molecular complexity index is 117. The third kappa shape index (κ3) is 3.49. The van der Waals surface area contributed by atoms with Crippen LogP contribution in [0, 0.1) is 0 Å². The lowest BCUT2D eigenvalue weighted by Crippen LogP contribution is -2.25. The van der Waals surface area contributed by atoms with E-state index < -0.39 is 7.38 Å². The molecule has 0 N–H and O–H groups in total. The van der Waals surface area contributed by atoms with Gasteiger partial charge in [0, 0.05) is 0 Å². The molecule has 0 aromatic carbocycles. The summed E-state index contributed by atoms with van der Waals surface area (Å²) in [5.41, 5.74) is 0. The Hall–Kier alpha value is 0.507. The van der Waals surface area contributed by atoms with Crippen LogP contribution >= 0.6 is 11.1 Å². The van der Waals surface area contributed by atoms with E-state index in [1.165, 1.54) is 56.7 Å². The van der Waals surface area contributed by atoms with Crippen LogP contribution in [-0.4, -0.2) is 7.38 Å². The third-order valence-corrected chi connectivity index (χ3v) is 8.43. The Kier molecular flexibility index (Phi) is 4.66. The van der Waals surface area contributed by atoms with E-state index in [1.807, 2.05) is 0 Å². The predicted octanol–water partition coefficient (Wildman–Crippen LogP) is 4.54. The second-order valence-corrected chi connectivity index (χ2v) is 10.4. The summed E-state index contributed by atoms with van der Waals surface area (Å²) < 4.78 is 0. The second kappa shape index (κ2) is 5.28. The molecule has 0 aliphatic carbocycles. The molecule has 0 bridgehead atoms. The Morgan fingerprint density at radius 2 is 1.67 bits per heavy atom. The van der Waals surface area contributed by atoms with Gasteiger partial charge >= 0.3 is 0 Å². The molecule has 0 radical (unpaired) electrons. The summed E-state index contributed by atoms with van der Waals surface area (Å²) in [7, 11) is -1.24. The van der Waals surface area contributed by atoms with Crippen LogP contribution in [0.25, 0.3) is 0 Å². The number of hydrogen-bond donors (Lipinski definition) is 0. The van der Waals surface area contributed by atoms with Gasteiger partial charge in [-0.05, 0) is 18.1 Å². The molecule has 1 aliphatic heterocycles. The fourth-order valence-corrected chi connectivity index (χ4v) is 6.81. The molecule has 0 atom stereocenters. The van der Waals surface area contributed by atoms with E-state index >= 15 is 0 Å². The normalized spacial score (nSPS) is 23.5. The average molecular weight is 205 g/mol. The highest BCUT2D eigenvalue weighted by atomic mass is 35.6. The first-order valence-electron chi connectivity index (χ1n) is 5.46. The van der Waals surface area contributed by atoms with E-state index in [0.717, 1.165) is 0 Å². The quantitative estimate of drug-likeness (QED) is 0.468. The van der Waals surface area contributed by atoms with Crippen LogP contribution in [-0.2, 0) is 0 Å². The predicted molar refractivity (Wildman–Crippen MR) is 59.4 cm³/mol. The summed E-state index contributed by atoms with van der Waals surface area (Å²) in [5.74, 6) is 0. The highest BCUT2D eigenvalue weighted by Gasteiger charge is 2.30. The molecule has 2 heteroatoms.